The monoisotopic (exact) mass is 296 g/mol. The van der Waals surface area contributed by atoms with Crippen LogP contribution in [0.25, 0.3) is 0 Å². The molecule has 0 spiro atoms. The van der Waals surface area contributed by atoms with E-state index < -0.39 is 0 Å². The molecule has 5 heteroatoms. The molecule has 1 aliphatic heterocycles. The van der Waals surface area contributed by atoms with Gasteiger partial charge >= 0.3 is 0 Å². The van der Waals surface area contributed by atoms with E-state index in [1.54, 1.807) is 12.1 Å². The fraction of sp³-hybridized carbons (Fsp3) is 0.533. The Bertz CT molecular complexity index is 479. The SMILES string of the molecule is CCOC1CCCN(Cc2cc(C(N)=S)ccc2F)C1. The van der Waals surface area contributed by atoms with E-state index in [2.05, 4.69) is 4.90 Å². The Hall–Kier alpha value is -1.04. The highest BCUT2D eigenvalue weighted by Gasteiger charge is 2.21. The summed E-state index contributed by atoms with van der Waals surface area (Å²) in [5, 5.41) is 0. The van der Waals surface area contributed by atoms with Crippen molar-refractivity contribution in [1.29, 1.82) is 0 Å². The standard InChI is InChI=1S/C15H21FN2OS/c1-2-19-13-4-3-7-18(10-13)9-12-8-11(15(17)20)5-6-14(12)16/h5-6,8,13H,2-4,7,9-10H2,1H3,(H2,17,20). The average molecular weight is 296 g/mol. The number of piperidine rings is 1. The second kappa shape index (κ2) is 7.11. The maximum absolute atomic E-state index is 13.9. The van der Waals surface area contributed by atoms with Crippen LogP contribution >= 0.6 is 12.2 Å². The lowest BCUT2D eigenvalue weighted by molar-refractivity contribution is 0.00337. The van der Waals surface area contributed by atoms with Crippen molar-refractivity contribution in [3.63, 3.8) is 0 Å². The van der Waals surface area contributed by atoms with Crippen LogP contribution in [0.15, 0.2) is 18.2 Å². The van der Waals surface area contributed by atoms with E-state index >= 15 is 0 Å². The Balaban J connectivity index is 2.05. The third kappa shape index (κ3) is 3.98. The number of nitrogens with zero attached hydrogens (tertiary/aromatic N) is 1. The van der Waals surface area contributed by atoms with Gasteiger partial charge in [0.05, 0.1) is 6.10 Å². The second-order valence-electron chi connectivity index (χ2n) is 5.13. The van der Waals surface area contributed by atoms with Crippen molar-refractivity contribution in [2.24, 2.45) is 5.73 Å². The average Bonchev–Trinajstić information content (AvgIpc) is 2.42. The van der Waals surface area contributed by atoms with Gasteiger partial charge in [0.25, 0.3) is 0 Å². The van der Waals surface area contributed by atoms with Crippen molar-refractivity contribution in [3.05, 3.63) is 35.1 Å². The Kier molecular flexibility index (Phi) is 5.46. The number of hydrogen-bond acceptors (Lipinski definition) is 3. The zero-order valence-corrected chi connectivity index (χ0v) is 12.6. The Labute approximate surface area is 124 Å². The van der Waals surface area contributed by atoms with Gasteiger partial charge in [0, 0.05) is 30.8 Å². The first-order valence-electron chi connectivity index (χ1n) is 7.02. The van der Waals surface area contributed by atoms with E-state index in [1.807, 2.05) is 6.92 Å². The number of halogens is 1. The number of thiocarbonyl (C=S) groups is 1. The highest BCUT2D eigenvalue weighted by molar-refractivity contribution is 7.80. The summed E-state index contributed by atoms with van der Waals surface area (Å²) in [6.45, 7) is 5.13. The molecule has 0 aromatic heterocycles. The lowest BCUT2D eigenvalue weighted by Gasteiger charge is -2.32. The molecule has 1 saturated heterocycles. The molecule has 1 fully saturated rings. The quantitative estimate of drug-likeness (QED) is 0.847. The van der Waals surface area contributed by atoms with Gasteiger partial charge in [-0.25, -0.2) is 4.39 Å². The van der Waals surface area contributed by atoms with Crippen LogP contribution < -0.4 is 5.73 Å². The van der Waals surface area contributed by atoms with Crippen molar-refractivity contribution >= 4 is 17.2 Å². The summed E-state index contributed by atoms with van der Waals surface area (Å²) in [7, 11) is 0. The molecule has 1 aromatic carbocycles. The maximum atomic E-state index is 13.9. The molecule has 1 heterocycles. The molecule has 2 rings (SSSR count). The molecule has 1 atom stereocenters. The van der Waals surface area contributed by atoms with Crippen LogP contribution in [0.1, 0.15) is 30.9 Å². The first kappa shape index (κ1) is 15.4. The largest absolute Gasteiger partial charge is 0.389 e. The molecule has 3 nitrogen and oxygen atoms in total. The molecule has 0 saturated carbocycles. The van der Waals surface area contributed by atoms with Gasteiger partial charge in [-0.15, -0.1) is 0 Å². The van der Waals surface area contributed by atoms with Gasteiger partial charge in [-0.2, -0.15) is 0 Å². The van der Waals surface area contributed by atoms with Crippen molar-refractivity contribution in [1.82, 2.24) is 4.90 Å². The van der Waals surface area contributed by atoms with Crippen LogP contribution in [0.4, 0.5) is 4.39 Å². The van der Waals surface area contributed by atoms with Gasteiger partial charge < -0.3 is 10.5 Å². The second-order valence-corrected chi connectivity index (χ2v) is 5.56. The first-order chi connectivity index (χ1) is 9.60. The molecule has 2 N–H and O–H groups in total. The van der Waals surface area contributed by atoms with Crippen molar-refractivity contribution < 1.29 is 9.13 Å². The Morgan fingerprint density at radius 2 is 2.35 bits per heavy atom. The van der Waals surface area contributed by atoms with Crippen molar-refractivity contribution in [3.8, 4) is 0 Å². The third-order valence-electron chi connectivity index (χ3n) is 3.59. The summed E-state index contributed by atoms with van der Waals surface area (Å²) in [4.78, 5) is 2.53. The molecular formula is C15H21FN2OS. The number of rotatable bonds is 5. The topological polar surface area (TPSA) is 38.5 Å². The van der Waals surface area contributed by atoms with Gasteiger partial charge in [0.15, 0.2) is 0 Å². The zero-order valence-electron chi connectivity index (χ0n) is 11.8. The summed E-state index contributed by atoms with van der Waals surface area (Å²) >= 11 is 4.94. The van der Waals surface area contributed by atoms with E-state index in [-0.39, 0.29) is 11.9 Å². The fourth-order valence-electron chi connectivity index (χ4n) is 2.62. The molecular weight excluding hydrogens is 275 g/mol. The van der Waals surface area contributed by atoms with E-state index in [0.29, 0.717) is 17.1 Å². The summed E-state index contributed by atoms with van der Waals surface area (Å²) in [5.41, 5.74) is 6.97. The van der Waals surface area contributed by atoms with Crippen LogP contribution in [0.2, 0.25) is 0 Å². The highest BCUT2D eigenvalue weighted by atomic mass is 32.1. The number of likely N-dealkylation sites (tertiary alicyclic amines) is 1. The molecule has 0 amide bonds. The van der Waals surface area contributed by atoms with Crippen LogP contribution in [0.5, 0.6) is 0 Å². The zero-order chi connectivity index (χ0) is 14.5. The van der Waals surface area contributed by atoms with Gasteiger partial charge in [-0.1, -0.05) is 12.2 Å². The smallest absolute Gasteiger partial charge is 0.127 e. The first-order valence-corrected chi connectivity index (χ1v) is 7.43. The van der Waals surface area contributed by atoms with E-state index in [1.165, 1.54) is 6.07 Å². The Morgan fingerprint density at radius 3 is 3.05 bits per heavy atom. The lowest BCUT2D eigenvalue weighted by Crippen LogP contribution is -2.39. The van der Waals surface area contributed by atoms with Crippen molar-refractivity contribution in [2.75, 3.05) is 19.7 Å². The predicted molar refractivity (Wildman–Crippen MR) is 82.2 cm³/mol. The molecule has 1 aromatic rings. The molecule has 0 bridgehead atoms. The molecule has 1 unspecified atom stereocenters. The predicted octanol–water partition coefficient (Wildman–Crippen LogP) is 2.46. The molecule has 110 valence electrons. The maximum Gasteiger partial charge on any atom is 0.127 e. The van der Waals surface area contributed by atoms with Gasteiger partial charge in [0.1, 0.15) is 10.8 Å². The third-order valence-corrected chi connectivity index (χ3v) is 3.82. The molecule has 0 radical (unpaired) electrons. The lowest BCUT2D eigenvalue weighted by atomic mass is 10.1. The van der Waals surface area contributed by atoms with Gasteiger partial charge in [-0.05, 0) is 44.5 Å². The number of hydrogen-bond donors (Lipinski definition) is 1. The van der Waals surface area contributed by atoms with Crippen LogP contribution in [-0.4, -0.2) is 35.7 Å². The van der Waals surface area contributed by atoms with Crippen LogP contribution in [0.3, 0.4) is 0 Å². The van der Waals surface area contributed by atoms with E-state index in [9.17, 15) is 4.39 Å². The number of benzene rings is 1. The summed E-state index contributed by atoms with van der Waals surface area (Å²) in [5.74, 6) is -0.205. The van der Waals surface area contributed by atoms with Crippen molar-refractivity contribution in [2.45, 2.75) is 32.4 Å². The van der Waals surface area contributed by atoms with Gasteiger partial charge in [-0.3, -0.25) is 4.90 Å². The summed E-state index contributed by atoms with van der Waals surface area (Å²) < 4.78 is 19.6. The minimum atomic E-state index is -0.205. The molecule has 20 heavy (non-hydrogen) atoms. The number of ether oxygens (including phenoxy) is 1. The minimum Gasteiger partial charge on any atom is -0.389 e. The van der Waals surface area contributed by atoms with E-state index in [4.69, 9.17) is 22.7 Å². The van der Waals surface area contributed by atoms with Crippen LogP contribution in [-0.2, 0) is 11.3 Å². The Morgan fingerprint density at radius 1 is 1.55 bits per heavy atom. The van der Waals surface area contributed by atoms with E-state index in [0.717, 1.165) is 38.1 Å². The normalized spacial score (nSPS) is 20.0. The van der Waals surface area contributed by atoms with Gasteiger partial charge in [0.2, 0.25) is 0 Å². The highest BCUT2D eigenvalue weighted by Crippen LogP contribution is 2.18. The summed E-state index contributed by atoms with van der Waals surface area (Å²) in [6.07, 6.45) is 2.43. The molecule has 1 aliphatic rings. The van der Waals surface area contributed by atoms with Crippen LogP contribution in [0, 0.1) is 5.82 Å². The fourth-order valence-corrected chi connectivity index (χ4v) is 2.75. The minimum absolute atomic E-state index is 0.205. The number of nitrogens with two attached hydrogens (primary N) is 1. The molecule has 0 aliphatic carbocycles. The summed E-state index contributed by atoms with van der Waals surface area (Å²) in [6, 6.07) is 4.82.